The van der Waals surface area contributed by atoms with E-state index in [1.165, 1.54) is 12.7 Å². The van der Waals surface area contributed by atoms with Crippen molar-refractivity contribution in [2.75, 3.05) is 19.0 Å². The van der Waals surface area contributed by atoms with Gasteiger partial charge in [-0.1, -0.05) is 30.3 Å². The Bertz CT molecular complexity index is 624. The number of methoxy groups -OCH3 is 1. The molecule has 2 rings (SSSR count). The Kier molecular flexibility index (Phi) is 5.68. The number of rotatable bonds is 6. The van der Waals surface area contributed by atoms with Crippen molar-refractivity contribution in [3.8, 4) is 0 Å². The smallest absolute Gasteiger partial charge is 0.337 e. The van der Waals surface area contributed by atoms with E-state index < -0.39 is 5.97 Å². The van der Waals surface area contributed by atoms with Crippen LogP contribution in [0, 0.1) is 0 Å². The van der Waals surface area contributed by atoms with Gasteiger partial charge in [0.05, 0.1) is 12.7 Å². The van der Waals surface area contributed by atoms with E-state index in [-0.39, 0.29) is 5.91 Å². The highest BCUT2D eigenvalue weighted by atomic mass is 16.5. The Morgan fingerprint density at radius 2 is 1.73 bits per heavy atom. The number of hydrogen-bond donors (Lipinski definition) is 2. The molecule has 0 radical (unpaired) electrons. The molecule has 0 aliphatic heterocycles. The molecule has 5 heteroatoms. The lowest BCUT2D eigenvalue weighted by atomic mass is 10.2. The maximum absolute atomic E-state index is 11.8. The van der Waals surface area contributed by atoms with Gasteiger partial charge in [0.2, 0.25) is 0 Å². The van der Waals surface area contributed by atoms with Crippen molar-refractivity contribution in [2.24, 2.45) is 0 Å². The van der Waals surface area contributed by atoms with Crippen LogP contribution in [0.3, 0.4) is 0 Å². The van der Waals surface area contributed by atoms with Gasteiger partial charge in [0.25, 0.3) is 5.91 Å². The first kappa shape index (κ1) is 15.7. The molecule has 0 spiro atoms. The molecule has 0 atom stereocenters. The van der Waals surface area contributed by atoms with E-state index >= 15 is 0 Å². The zero-order chi connectivity index (χ0) is 15.8. The summed E-state index contributed by atoms with van der Waals surface area (Å²) in [4.78, 5) is 23.2. The summed E-state index contributed by atoms with van der Waals surface area (Å²) in [5.41, 5.74) is 2.29. The molecule has 0 saturated carbocycles. The summed E-state index contributed by atoms with van der Waals surface area (Å²) >= 11 is 0. The average molecular weight is 299 g/mol. The molecule has 0 fully saturated rings. The molecular weight excluding hydrogens is 280 g/mol. The second-order valence-corrected chi connectivity index (χ2v) is 4.80. The lowest BCUT2D eigenvalue weighted by Gasteiger charge is -2.06. The predicted octanol–water partition coefficient (Wildman–Crippen LogP) is 1.18. The maximum atomic E-state index is 11.8. The van der Waals surface area contributed by atoms with Crippen molar-refractivity contribution in [1.82, 2.24) is 0 Å². The predicted molar refractivity (Wildman–Crippen MR) is 83.3 cm³/mol. The van der Waals surface area contributed by atoms with E-state index in [0.29, 0.717) is 17.8 Å². The molecule has 22 heavy (non-hydrogen) atoms. The Morgan fingerprint density at radius 1 is 1.05 bits per heavy atom. The van der Waals surface area contributed by atoms with E-state index in [9.17, 15) is 9.59 Å². The molecule has 0 aliphatic rings. The van der Waals surface area contributed by atoms with Gasteiger partial charge in [0, 0.05) is 11.3 Å². The van der Waals surface area contributed by atoms with Gasteiger partial charge in [0.15, 0.2) is 6.54 Å². The molecule has 0 unspecified atom stereocenters. The first-order chi connectivity index (χ1) is 10.7. The van der Waals surface area contributed by atoms with Crippen LogP contribution in [0.1, 0.15) is 15.9 Å². The van der Waals surface area contributed by atoms with Crippen LogP contribution in [0.15, 0.2) is 54.6 Å². The monoisotopic (exact) mass is 299 g/mol. The van der Waals surface area contributed by atoms with E-state index in [0.717, 1.165) is 6.54 Å². The third kappa shape index (κ3) is 4.71. The molecule has 0 heterocycles. The summed E-state index contributed by atoms with van der Waals surface area (Å²) in [5, 5.41) is 4.73. The fraction of sp³-hybridized carbons (Fsp3) is 0.176. The van der Waals surface area contributed by atoms with Crippen LogP contribution < -0.4 is 10.6 Å². The van der Waals surface area contributed by atoms with Gasteiger partial charge >= 0.3 is 5.97 Å². The highest BCUT2D eigenvalue weighted by Gasteiger charge is 2.07. The van der Waals surface area contributed by atoms with Crippen LogP contribution in [-0.4, -0.2) is 25.5 Å². The van der Waals surface area contributed by atoms with Gasteiger partial charge in [-0.2, -0.15) is 0 Å². The first-order valence-electron chi connectivity index (χ1n) is 7.03. The van der Waals surface area contributed by atoms with Gasteiger partial charge in [-0.25, -0.2) is 4.79 Å². The van der Waals surface area contributed by atoms with Crippen LogP contribution in [0.5, 0.6) is 0 Å². The van der Waals surface area contributed by atoms with Crippen LogP contribution in [0.4, 0.5) is 5.69 Å². The number of ether oxygens (including phenoxy) is 1. The zero-order valence-corrected chi connectivity index (χ0v) is 12.4. The summed E-state index contributed by atoms with van der Waals surface area (Å²) in [5.74, 6) is -0.476. The number of nitrogens with two attached hydrogens (primary N) is 1. The number of quaternary nitrogens is 1. The molecule has 2 aromatic carbocycles. The van der Waals surface area contributed by atoms with Crippen LogP contribution in [0.2, 0.25) is 0 Å². The van der Waals surface area contributed by atoms with Gasteiger partial charge in [-0.15, -0.1) is 0 Å². The number of carbonyl (C=O) groups is 2. The van der Waals surface area contributed by atoms with Gasteiger partial charge in [-0.3, -0.25) is 4.79 Å². The van der Waals surface area contributed by atoms with Crippen LogP contribution >= 0.6 is 0 Å². The lowest BCUT2D eigenvalue weighted by molar-refractivity contribution is -0.659. The van der Waals surface area contributed by atoms with Crippen molar-refractivity contribution in [3.63, 3.8) is 0 Å². The minimum atomic E-state index is -0.394. The molecule has 0 aliphatic carbocycles. The summed E-state index contributed by atoms with van der Waals surface area (Å²) in [6, 6.07) is 16.6. The second kappa shape index (κ2) is 7.95. The summed E-state index contributed by atoms with van der Waals surface area (Å²) in [7, 11) is 1.33. The quantitative estimate of drug-likeness (QED) is 0.787. The largest absolute Gasteiger partial charge is 0.465 e. The van der Waals surface area contributed by atoms with Crippen LogP contribution in [-0.2, 0) is 16.1 Å². The van der Waals surface area contributed by atoms with Gasteiger partial charge < -0.3 is 15.4 Å². The van der Waals surface area contributed by atoms with E-state index in [2.05, 4.69) is 10.1 Å². The highest BCUT2D eigenvalue weighted by molar-refractivity contribution is 5.93. The number of nitrogens with one attached hydrogen (secondary N) is 1. The minimum Gasteiger partial charge on any atom is -0.465 e. The number of hydrogen-bond acceptors (Lipinski definition) is 3. The minimum absolute atomic E-state index is 0.0817. The van der Waals surface area contributed by atoms with E-state index in [4.69, 9.17) is 0 Å². The third-order valence-corrected chi connectivity index (χ3v) is 3.14. The molecule has 0 aromatic heterocycles. The number of anilines is 1. The van der Waals surface area contributed by atoms with Crippen molar-refractivity contribution < 1.29 is 19.6 Å². The Hall–Kier alpha value is -2.66. The number of carbonyl (C=O) groups excluding carboxylic acids is 2. The van der Waals surface area contributed by atoms with Crippen molar-refractivity contribution in [1.29, 1.82) is 0 Å². The van der Waals surface area contributed by atoms with E-state index in [1.807, 2.05) is 35.6 Å². The Labute approximate surface area is 129 Å². The summed E-state index contributed by atoms with van der Waals surface area (Å²) < 4.78 is 4.62. The van der Waals surface area contributed by atoms with E-state index in [1.54, 1.807) is 24.3 Å². The Morgan fingerprint density at radius 3 is 2.36 bits per heavy atom. The van der Waals surface area contributed by atoms with Crippen molar-refractivity contribution in [3.05, 3.63) is 65.7 Å². The molecule has 1 amide bonds. The summed E-state index contributed by atoms with van der Waals surface area (Å²) in [6.45, 7) is 1.10. The molecule has 0 bridgehead atoms. The van der Waals surface area contributed by atoms with Crippen LogP contribution in [0.25, 0.3) is 0 Å². The summed E-state index contributed by atoms with van der Waals surface area (Å²) in [6.07, 6.45) is 0. The molecule has 114 valence electrons. The lowest BCUT2D eigenvalue weighted by Crippen LogP contribution is -2.84. The average Bonchev–Trinajstić information content (AvgIpc) is 2.56. The van der Waals surface area contributed by atoms with Gasteiger partial charge in [-0.05, 0) is 24.3 Å². The second-order valence-electron chi connectivity index (χ2n) is 4.80. The zero-order valence-electron chi connectivity index (χ0n) is 12.4. The van der Waals surface area contributed by atoms with Crippen molar-refractivity contribution in [2.45, 2.75) is 6.54 Å². The highest BCUT2D eigenvalue weighted by Crippen LogP contribution is 2.09. The SMILES string of the molecule is COC(=O)c1ccc(NC(=O)C[NH2+]Cc2ccccc2)cc1. The van der Waals surface area contributed by atoms with Crippen molar-refractivity contribution >= 4 is 17.6 Å². The van der Waals surface area contributed by atoms with Gasteiger partial charge in [0.1, 0.15) is 6.54 Å². The normalized spacial score (nSPS) is 10.0. The standard InChI is InChI=1S/C17H18N2O3/c1-22-17(21)14-7-9-15(10-8-14)19-16(20)12-18-11-13-5-3-2-4-6-13/h2-10,18H,11-12H2,1H3,(H,19,20)/p+1. The maximum Gasteiger partial charge on any atom is 0.337 e. The molecule has 5 nitrogen and oxygen atoms in total. The fourth-order valence-electron chi connectivity index (χ4n) is 2.00. The number of benzene rings is 2. The topological polar surface area (TPSA) is 72.0 Å². The molecule has 0 saturated heterocycles. The third-order valence-electron chi connectivity index (χ3n) is 3.14. The molecule has 2 aromatic rings. The number of amides is 1. The first-order valence-corrected chi connectivity index (χ1v) is 7.03. The molecular formula is C17H19N2O3+. The Balaban J connectivity index is 1.78. The number of esters is 1. The molecule has 3 N–H and O–H groups in total. The fourth-order valence-corrected chi connectivity index (χ4v) is 2.00.